The van der Waals surface area contributed by atoms with Gasteiger partial charge in [-0.25, -0.2) is 4.79 Å². The number of rotatable bonds is 8. The van der Waals surface area contributed by atoms with E-state index in [4.69, 9.17) is 32.7 Å². The first-order valence-corrected chi connectivity index (χ1v) is 12.4. The number of ketones is 1. The number of esters is 1. The minimum atomic E-state index is -4.40. The molecular weight excluding hydrogens is 536 g/mol. The van der Waals surface area contributed by atoms with Crippen LogP contribution in [0.5, 0.6) is 5.75 Å². The molecular formula is C26H23Cl2F3O4S. The van der Waals surface area contributed by atoms with Gasteiger partial charge in [0.2, 0.25) is 0 Å². The van der Waals surface area contributed by atoms with E-state index in [1.165, 1.54) is 23.5 Å². The molecule has 0 N–H and O–H groups in total. The van der Waals surface area contributed by atoms with Crippen molar-refractivity contribution < 1.29 is 32.2 Å². The smallest absolute Gasteiger partial charge is 0.416 e. The number of halogens is 5. The molecule has 10 heteroatoms. The third-order valence-corrected chi connectivity index (χ3v) is 6.97. The molecule has 0 radical (unpaired) electrons. The predicted molar refractivity (Wildman–Crippen MR) is 135 cm³/mol. The average Bonchev–Trinajstić information content (AvgIpc) is 3.28. The molecule has 0 saturated carbocycles. The van der Waals surface area contributed by atoms with Gasteiger partial charge in [0, 0.05) is 11.3 Å². The van der Waals surface area contributed by atoms with Crippen LogP contribution in [0.3, 0.4) is 0 Å². The van der Waals surface area contributed by atoms with Crippen LogP contribution >= 0.6 is 34.5 Å². The number of ether oxygens (including phenoxy) is 2. The summed E-state index contributed by atoms with van der Waals surface area (Å²) in [4.78, 5) is 25.7. The number of hydrogen-bond acceptors (Lipinski definition) is 5. The van der Waals surface area contributed by atoms with Gasteiger partial charge < -0.3 is 9.47 Å². The van der Waals surface area contributed by atoms with Crippen molar-refractivity contribution in [2.45, 2.75) is 45.4 Å². The van der Waals surface area contributed by atoms with Crippen LogP contribution in [0.4, 0.5) is 13.2 Å². The maximum atomic E-state index is 12.8. The Labute approximate surface area is 220 Å². The highest BCUT2D eigenvalue weighted by atomic mass is 35.5. The van der Waals surface area contributed by atoms with Gasteiger partial charge in [-0.1, -0.05) is 41.4 Å². The van der Waals surface area contributed by atoms with E-state index in [9.17, 15) is 22.8 Å². The van der Waals surface area contributed by atoms with Gasteiger partial charge in [-0.05, 0) is 68.7 Å². The number of benzene rings is 2. The van der Waals surface area contributed by atoms with E-state index in [1.807, 2.05) is 0 Å². The molecule has 1 heterocycles. The van der Waals surface area contributed by atoms with Gasteiger partial charge in [0.15, 0.2) is 12.4 Å². The van der Waals surface area contributed by atoms with Gasteiger partial charge in [0.05, 0.1) is 15.5 Å². The summed E-state index contributed by atoms with van der Waals surface area (Å²) in [6.45, 7) is 4.91. The van der Waals surface area contributed by atoms with E-state index >= 15 is 0 Å². The van der Waals surface area contributed by atoms with Crippen molar-refractivity contribution >= 4 is 46.3 Å². The monoisotopic (exact) mass is 558 g/mol. The summed E-state index contributed by atoms with van der Waals surface area (Å²) in [5.41, 5.74) is -0.127. The molecule has 192 valence electrons. The van der Waals surface area contributed by atoms with Crippen LogP contribution in [0.25, 0.3) is 10.4 Å². The lowest BCUT2D eigenvalue weighted by atomic mass is 10.1. The Morgan fingerprint density at radius 1 is 0.917 bits per heavy atom. The summed E-state index contributed by atoms with van der Waals surface area (Å²) >= 11 is 13.9. The van der Waals surface area contributed by atoms with E-state index < -0.39 is 23.3 Å². The third kappa shape index (κ3) is 7.48. The number of hydrogen-bond donors (Lipinski definition) is 0. The van der Waals surface area contributed by atoms with Crippen LogP contribution in [0.2, 0.25) is 10.0 Å². The molecule has 0 bridgehead atoms. The van der Waals surface area contributed by atoms with E-state index in [0.717, 1.165) is 12.1 Å². The Balaban J connectivity index is 1.60. The molecule has 0 spiro atoms. The number of carbonyl (C=O) groups is 2. The summed E-state index contributed by atoms with van der Waals surface area (Å²) in [6.07, 6.45) is -3.93. The fourth-order valence-electron chi connectivity index (χ4n) is 3.22. The number of aryl methyl sites for hydroxylation is 1. The fraction of sp³-hybridized carbons (Fsp3) is 0.308. The van der Waals surface area contributed by atoms with Crippen molar-refractivity contribution in [3.8, 4) is 16.2 Å². The highest BCUT2D eigenvalue weighted by molar-refractivity contribution is 7.17. The predicted octanol–water partition coefficient (Wildman–Crippen LogP) is 8.28. The zero-order chi connectivity index (χ0) is 26.7. The van der Waals surface area contributed by atoms with Crippen LogP contribution in [0.1, 0.15) is 48.0 Å². The SMILES string of the molecule is CC(C)(C)OC(=O)COc1ccc(CCC(=O)c2ccc(-c3ccc(C(F)(F)F)cc3)s2)c(Cl)c1Cl. The third-order valence-electron chi connectivity index (χ3n) is 4.89. The maximum absolute atomic E-state index is 12.8. The molecule has 36 heavy (non-hydrogen) atoms. The molecule has 0 unspecified atom stereocenters. The topological polar surface area (TPSA) is 52.6 Å². The van der Waals surface area contributed by atoms with Crippen LogP contribution in [-0.2, 0) is 22.1 Å². The summed E-state index contributed by atoms with van der Waals surface area (Å²) in [5, 5.41) is 0.355. The van der Waals surface area contributed by atoms with E-state index in [0.29, 0.717) is 27.3 Å². The first-order valence-electron chi connectivity index (χ1n) is 10.9. The van der Waals surface area contributed by atoms with Crippen LogP contribution in [0.15, 0.2) is 48.5 Å². The molecule has 0 aliphatic rings. The van der Waals surface area contributed by atoms with Crippen molar-refractivity contribution in [2.24, 2.45) is 0 Å². The minimum absolute atomic E-state index is 0.129. The van der Waals surface area contributed by atoms with Crippen molar-refractivity contribution in [3.05, 3.63) is 74.6 Å². The zero-order valence-electron chi connectivity index (χ0n) is 19.7. The standard InChI is InChI=1S/C26H23Cl2F3O4S/c1-25(2,3)35-22(33)14-34-19-11-7-16(23(27)24(19)28)6-10-18(32)21-13-12-20(36-21)15-4-8-17(9-5-15)26(29,30)31/h4-5,7-9,11-13H,6,10,14H2,1-3H3. The highest BCUT2D eigenvalue weighted by Crippen LogP contribution is 2.36. The van der Waals surface area contributed by atoms with Gasteiger partial charge in [-0.15, -0.1) is 11.3 Å². The Kier molecular flexibility index (Phi) is 8.75. The largest absolute Gasteiger partial charge is 0.480 e. The molecule has 0 amide bonds. The first kappa shape index (κ1) is 28.0. The minimum Gasteiger partial charge on any atom is -0.480 e. The Morgan fingerprint density at radius 3 is 2.19 bits per heavy atom. The summed E-state index contributed by atoms with van der Waals surface area (Å²) in [5.74, 6) is -0.450. The van der Waals surface area contributed by atoms with Crippen molar-refractivity contribution in [3.63, 3.8) is 0 Å². The van der Waals surface area contributed by atoms with Gasteiger partial charge in [0.25, 0.3) is 0 Å². The second-order valence-electron chi connectivity index (χ2n) is 8.89. The second-order valence-corrected chi connectivity index (χ2v) is 10.7. The highest BCUT2D eigenvalue weighted by Gasteiger charge is 2.30. The van der Waals surface area contributed by atoms with Crippen LogP contribution in [-0.4, -0.2) is 24.0 Å². The van der Waals surface area contributed by atoms with E-state index in [-0.39, 0.29) is 34.6 Å². The molecule has 2 aromatic carbocycles. The van der Waals surface area contributed by atoms with Gasteiger partial charge in [0.1, 0.15) is 16.4 Å². The van der Waals surface area contributed by atoms with Crippen LogP contribution < -0.4 is 4.74 Å². The molecule has 0 aliphatic carbocycles. The molecule has 4 nitrogen and oxygen atoms in total. The van der Waals surface area contributed by atoms with Gasteiger partial charge in [-0.3, -0.25) is 4.79 Å². The summed E-state index contributed by atoms with van der Waals surface area (Å²) in [7, 11) is 0. The fourth-order valence-corrected chi connectivity index (χ4v) is 4.69. The van der Waals surface area contributed by atoms with Gasteiger partial charge >= 0.3 is 12.1 Å². The number of thiophene rings is 1. The lowest BCUT2D eigenvalue weighted by molar-refractivity contribution is -0.157. The Bertz CT molecular complexity index is 1250. The number of alkyl halides is 3. The van der Waals surface area contributed by atoms with Gasteiger partial charge in [-0.2, -0.15) is 13.2 Å². The number of Topliss-reactive ketones (excluding diaryl/α,β-unsaturated/α-hetero) is 1. The summed E-state index contributed by atoms with van der Waals surface area (Å²) < 4.78 is 48.9. The van der Waals surface area contributed by atoms with E-state index in [1.54, 1.807) is 45.0 Å². The Hall–Kier alpha value is -2.55. The molecule has 3 aromatic rings. The molecule has 0 saturated heterocycles. The summed E-state index contributed by atoms with van der Waals surface area (Å²) in [6, 6.07) is 11.4. The van der Waals surface area contributed by atoms with Crippen LogP contribution in [0, 0.1) is 0 Å². The van der Waals surface area contributed by atoms with Crippen molar-refractivity contribution in [2.75, 3.05) is 6.61 Å². The first-order chi connectivity index (χ1) is 16.7. The average molecular weight is 559 g/mol. The van der Waals surface area contributed by atoms with Crippen molar-refractivity contribution in [1.29, 1.82) is 0 Å². The maximum Gasteiger partial charge on any atom is 0.416 e. The lowest BCUT2D eigenvalue weighted by Crippen LogP contribution is -2.27. The lowest BCUT2D eigenvalue weighted by Gasteiger charge is -2.19. The molecule has 0 atom stereocenters. The van der Waals surface area contributed by atoms with Crippen molar-refractivity contribution in [1.82, 2.24) is 0 Å². The zero-order valence-corrected chi connectivity index (χ0v) is 22.0. The quantitative estimate of drug-likeness (QED) is 0.206. The molecule has 3 rings (SSSR count). The molecule has 0 fully saturated rings. The Morgan fingerprint density at radius 2 is 1.58 bits per heavy atom. The molecule has 0 aliphatic heterocycles. The van der Waals surface area contributed by atoms with E-state index in [2.05, 4.69) is 0 Å². The normalized spacial score (nSPS) is 11.9. The molecule has 1 aromatic heterocycles. The number of carbonyl (C=O) groups excluding carboxylic acids is 2. The second kappa shape index (κ2) is 11.2.